The van der Waals surface area contributed by atoms with Crippen LogP contribution >= 0.6 is 0 Å². The first-order chi connectivity index (χ1) is 12.1. The van der Waals surface area contributed by atoms with E-state index in [1.165, 1.54) is 22.3 Å². The number of hydrogen-bond donors (Lipinski definition) is 2. The Labute approximate surface area is 148 Å². The molecule has 2 aliphatic rings. The number of ether oxygens (including phenoxy) is 1. The number of aryl methyl sites for hydroxylation is 1. The molecule has 4 heteroatoms. The first-order valence-corrected chi connectivity index (χ1v) is 8.86. The number of carboxylic acids is 1. The van der Waals surface area contributed by atoms with Gasteiger partial charge in [0.05, 0.1) is 13.0 Å². The molecule has 1 heterocycles. The normalized spacial score (nSPS) is 18.4. The van der Waals surface area contributed by atoms with Crippen molar-refractivity contribution in [3.63, 3.8) is 0 Å². The van der Waals surface area contributed by atoms with Gasteiger partial charge in [-0.2, -0.15) is 0 Å². The van der Waals surface area contributed by atoms with Gasteiger partial charge in [-0.25, -0.2) is 0 Å². The molecule has 0 saturated carbocycles. The summed E-state index contributed by atoms with van der Waals surface area (Å²) in [7, 11) is 0. The number of carbonyl (C=O) groups is 1. The lowest BCUT2D eigenvalue weighted by Gasteiger charge is -2.12. The van der Waals surface area contributed by atoms with E-state index in [0.717, 1.165) is 31.6 Å². The van der Waals surface area contributed by atoms with Gasteiger partial charge >= 0.3 is 5.97 Å². The third-order valence-electron chi connectivity index (χ3n) is 4.93. The Morgan fingerprint density at radius 1 is 1.24 bits per heavy atom. The minimum Gasteiger partial charge on any atom is -0.493 e. The molecule has 3 N–H and O–H groups in total. The number of aliphatic carboxylic acids is 1. The van der Waals surface area contributed by atoms with Gasteiger partial charge in [-0.05, 0) is 48.4 Å². The van der Waals surface area contributed by atoms with Crippen LogP contribution in [0.2, 0.25) is 0 Å². The largest absolute Gasteiger partial charge is 0.493 e. The molecule has 0 saturated heterocycles. The highest BCUT2D eigenvalue weighted by Gasteiger charge is 2.30. The Balaban J connectivity index is 0.000000173. The number of hydrogen-bond acceptors (Lipinski definition) is 3. The van der Waals surface area contributed by atoms with Crippen LogP contribution in [0.15, 0.2) is 42.5 Å². The molecule has 132 valence electrons. The quantitative estimate of drug-likeness (QED) is 0.891. The molecular weight excluding hydrogens is 314 g/mol. The summed E-state index contributed by atoms with van der Waals surface area (Å²) in [6, 6.07) is 14.3. The maximum absolute atomic E-state index is 10.8. The van der Waals surface area contributed by atoms with Gasteiger partial charge in [0.25, 0.3) is 0 Å². The fourth-order valence-corrected chi connectivity index (χ4v) is 3.72. The highest BCUT2D eigenvalue weighted by molar-refractivity contribution is 5.69. The van der Waals surface area contributed by atoms with Crippen molar-refractivity contribution in [3.8, 4) is 5.75 Å². The fraction of sp³-hybridized carbons (Fsp3) is 0.381. The van der Waals surface area contributed by atoms with Gasteiger partial charge < -0.3 is 15.6 Å². The monoisotopic (exact) mass is 339 g/mol. The summed E-state index contributed by atoms with van der Waals surface area (Å²) in [4.78, 5) is 10.8. The van der Waals surface area contributed by atoms with E-state index in [1.54, 1.807) is 0 Å². The van der Waals surface area contributed by atoms with Gasteiger partial charge in [-0.3, -0.25) is 4.79 Å². The standard InChI is InChI=1S/C13H14O3.C8H11N/c14-12(15)7-9-2-1-8-3-4-11-10(13(8)9)5-6-16-11;1-7(9)8-5-3-2-4-6-8/h3-4,9H,1-2,5-7H2,(H,14,15);2-7H,9H2,1H3/t9-;7-/m11/s1. The van der Waals surface area contributed by atoms with Crippen molar-refractivity contribution in [2.75, 3.05) is 6.61 Å². The van der Waals surface area contributed by atoms with Crippen molar-refractivity contribution >= 4 is 5.97 Å². The molecular formula is C21H25NO3. The Morgan fingerprint density at radius 2 is 2.00 bits per heavy atom. The Morgan fingerprint density at radius 3 is 2.64 bits per heavy atom. The number of rotatable bonds is 3. The molecule has 0 spiro atoms. The van der Waals surface area contributed by atoms with E-state index in [9.17, 15) is 4.79 Å². The third kappa shape index (κ3) is 4.02. The lowest BCUT2D eigenvalue weighted by molar-refractivity contribution is -0.137. The number of nitrogens with two attached hydrogens (primary N) is 1. The van der Waals surface area contributed by atoms with Crippen LogP contribution in [-0.2, 0) is 17.6 Å². The van der Waals surface area contributed by atoms with Gasteiger partial charge in [0.15, 0.2) is 0 Å². The molecule has 1 aliphatic carbocycles. The highest BCUT2D eigenvalue weighted by atomic mass is 16.5. The summed E-state index contributed by atoms with van der Waals surface area (Å²) in [6.07, 6.45) is 3.18. The van der Waals surface area contributed by atoms with Gasteiger partial charge in [0.2, 0.25) is 0 Å². The van der Waals surface area contributed by atoms with Crippen molar-refractivity contribution < 1.29 is 14.6 Å². The van der Waals surface area contributed by atoms with E-state index >= 15 is 0 Å². The molecule has 4 nitrogen and oxygen atoms in total. The molecule has 0 fully saturated rings. The highest BCUT2D eigenvalue weighted by Crippen LogP contribution is 2.43. The molecule has 2 aromatic carbocycles. The molecule has 2 atom stereocenters. The lowest BCUT2D eigenvalue weighted by atomic mass is 9.92. The van der Waals surface area contributed by atoms with E-state index in [1.807, 2.05) is 43.3 Å². The predicted octanol–water partition coefficient (Wildman–Crippen LogP) is 3.83. The maximum Gasteiger partial charge on any atom is 0.303 e. The fourth-order valence-electron chi connectivity index (χ4n) is 3.72. The molecule has 0 amide bonds. The van der Waals surface area contributed by atoms with Crippen molar-refractivity contribution in [2.45, 2.75) is 44.6 Å². The van der Waals surface area contributed by atoms with Crippen molar-refractivity contribution in [1.82, 2.24) is 0 Å². The average molecular weight is 339 g/mol. The molecule has 4 rings (SSSR count). The summed E-state index contributed by atoms with van der Waals surface area (Å²) < 4.78 is 5.53. The Bertz CT molecular complexity index is 740. The van der Waals surface area contributed by atoms with Gasteiger partial charge in [-0.15, -0.1) is 0 Å². The number of benzene rings is 2. The second-order valence-electron chi connectivity index (χ2n) is 6.75. The summed E-state index contributed by atoms with van der Waals surface area (Å²) in [5, 5.41) is 8.92. The van der Waals surface area contributed by atoms with E-state index < -0.39 is 5.97 Å². The van der Waals surface area contributed by atoms with Gasteiger partial charge in [0, 0.05) is 18.0 Å². The first-order valence-electron chi connectivity index (χ1n) is 8.86. The van der Waals surface area contributed by atoms with Crippen LogP contribution in [0.3, 0.4) is 0 Å². The number of carboxylic acid groups (broad SMARTS) is 1. The van der Waals surface area contributed by atoms with Gasteiger partial charge in [0.1, 0.15) is 5.75 Å². The molecule has 0 radical (unpaired) electrons. The second-order valence-corrected chi connectivity index (χ2v) is 6.75. The topological polar surface area (TPSA) is 72.6 Å². The smallest absolute Gasteiger partial charge is 0.303 e. The SMILES string of the molecule is C[C@@H](N)c1ccccc1.O=C(O)C[C@H]1CCc2ccc3c(c21)CCO3. The molecule has 0 unspecified atom stereocenters. The molecule has 2 aromatic rings. The van der Waals surface area contributed by atoms with E-state index in [2.05, 4.69) is 6.07 Å². The molecule has 0 aromatic heterocycles. The van der Waals surface area contributed by atoms with E-state index in [-0.39, 0.29) is 18.4 Å². The average Bonchev–Trinajstić information content (AvgIpc) is 3.22. The predicted molar refractivity (Wildman–Crippen MR) is 98.0 cm³/mol. The van der Waals surface area contributed by atoms with Crippen LogP contribution in [0.1, 0.15) is 54.0 Å². The van der Waals surface area contributed by atoms with Crippen molar-refractivity contribution in [1.29, 1.82) is 0 Å². The Hall–Kier alpha value is -2.33. The van der Waals surface area contributed by atoms with Crippen LogP contribution in [0.5, 0.6) is 5.75 Å². The maximum atomic E-state index is 10.8. The second kappa shape index (κ2) is 7.70. The summed E-state index contributed by atoms with van der Waals surface area (Å²) in [5.41, 5.74) is 10.7. The summed E-state index contributed by atoms with van der Waals surface area (Å²) in [6.45, 7) is 2.72. The van der Waals surface area contributed by atoms with E-state index in [4.69, 9.17) is 15.6 Å². The zero-order valence-electron chi connectivity index (χ0n) is 14.6. The third-order valence-corrected chi connectivity index (χ3v) is 4.93. The summed E-state index contributed by atoms with van der Waals surface area (Å²) in [5.74, 6) is 0.467. The van der Waals surface area contributed by atoms with Crippen LogP contribution in [0.25, 0.3) is 0 Å². The molecule has 1 aliphatic heterocycles. The molecule has 0 bridgehead atoms. The lowest BCUT2D eigenvalue weighted by Crippen LogP contribution is -2.05. The zero-order chi connectivity index (χ0) is 17.8. The minimum absolute atomic E-state index is 0.159. The first kappa shape index (κ1) is 17.5. The zero-order valence-corrected chi connectivity index (χ0v) is 14.6. The van der Waals surface area contributed by atoms with Crippen molar-refractivity contribution in [3.05, 3.63) is 64.7 Å². The van der Waals surface area contributed by atoms with Crippen LogP contribution in [-0.4, -0.2) is 17.7 Å². The minimum atomic E-state index is -0.700. The van der Waals surface area contributed by atoms with Crippen molar-refractivity contribution in [2.24, 2.45) is 5.73 Å². The molecule has 25 heavy (non-hydrogen) atoms. The summed E-state index contributed by atoms with van der Waals surface area (Å²) >= 11 is 0. The number of fused-ring (bicyclic) bond motifs is 3. The van der Waals surface area contributed by atoms with E-state index in [0.29, 0.717) is 0 Å². The Kier molecular flexibility index (Phi) is 5.39. The van der Waals surface area contributed by atoms with Crippen LogP contribution in [0.4, 0.5) is 0 Å². The van der Waals surface area contributed by atoms with Crippen LogP contribution in [0, 0.1) is 0 Å². The van der Waals surface area contributed by atoms with Crippen LogP contribution < -0.4 is 10.5 Å². The van der Waals surface area contributed by atoms with Gasteiger partial charge in [-0.1, -0.05) is 36.4 Å².